The predicted molar refractivity (Wildman–Crippen MR) is 71.5 cm³/mol. The number of aliphatic hydroxyl groups is 1. The van der Waals surface area contributed by atoms with E-state index in [1.165, 1.54) is 16.2 Å². The van der Waals surface area contributed by atoms with Gasteiger partial charge in [-0.1, -0.05) is 0 Å². The number of hydrogen-bond acceptors (Lipinski definition) is 4. The molecule has 3 rings (SSSR count). The van der Waals surface area contributed by atoms with Gasteiger partial charge in [-0.3, -0.25) is 4.68 Å². The topological polar surface area (TPSA) is 38.0 Å². The number of aromatic nitrogens is 2. The minimum absolute atomic E-state index is 0.524. The minimum atomic E-state index is -0.524. The van der Waals surface area contributed by atoms with Gasteiger partial charge in [-0.25, -0.2) is 0 Å². The van der Waals surface area contributed by atoms with Crippen molar-refractivity contribution in [3.8, 4) is 0 Å². The SMILES string of the molecule is Cn1cc(C(O)c2cc3c(s2)CCSC3)cn1. The summed E-state index contributed by atoms with van der Waals surface area (Å²) in [7, 11) is 1.87. The van der Waals surface area contributed by atoms with Crippen LogP contribution in [0, 0.1) is 0 Å². The maximum absolute atomic E-state index is 10.3. The normalized spacial score (nSPS) is 16.8. The molecule has 0 bridgehead atoms. The highest BCUT2D eigenvalue weighted by atomic mass is 32.2. The highest BCUT2D eigenvalue weighted by Crippen LogP contribution is 2.36. The first-order valence-electron chi connectivity index (χ1n) is 5.60. The molecule has 2 aromatic heterocycles. The maximum Gasteiger partial charge on any atom is 0.116 e. The van der Waals surface area contributed by atoms with E-state index in [0.29, 0.717) is 0 Å². The van der Waals surface area contributed by atoms with Crippen molar-refractivity contribution in [3.05, 3.63) is 39.3 Å². The van der Waals surface area contributed by atoms with Gasteiger partial charge >= 0.3 is 0 Å². The molecule has 17 heavy (non-hydrogen) atoms. The van der Waals surface area contributed by atoms with E-state index in [1.54, 1.807) is 22.2 Å². The third-order valence-corrected chi connectivity index (χ3v) is 5.25. The Morgan fingerprint density at radius 3 is 3.12 bits per heavy atom. The first-order valence-corrected chi connectivity index (χ1v) is 7.57. The van der Waals surface area contributed by atoms with Gasteiger partial charge in [0.2, 0.25) is 0 Å². The van der Waals surface area contributed by atoms with Crippen molar-refractivity contribution >= 4 is 23.1 Å². The fourth-order valence-corrected chi connectivity index (χ4v) is 4.44. The Morgan fingerprint density at radius 2 is 2.41 bits per heavy atom. The number of aryl methyl sites for hydroxylation is 2. The van der Waals surface area contributed by atoms with Crippen LogP contribution < -0.4 is 0 Å². The number of thioether (sulfide) groups is 1. The van der Waals surface area contributed by atoms with Crippen molar-refractivity contribution in [3.63, 3.8) is 0 Å². The lowest BCUT2D eigenvalue weighted by molar-refractivity contribution is 0.224. The molecule has 5 heteroatoms. The van der Waals surface area contributed by atoms with Crippen LogP contribution in [-0.2, 0) is 19.2 Å². The van der Waals surface area contributed by atoms with Crippen molar-refractivity contribution in [2.75, 3.05) is 5.75 Å². The molecule has 0 aliphatic carbocycles. The zero-order valence-corrected chi connectivity index (χ0v) is 11.2. The highest BCUT2D eigenvalue weighted by Gasteiger charge is 2.19. The highest BCUT2D eigenvalue weighted by molar-refractivity contribution is 7.98. The number of rotatable bonds is 2. The molecule has 1 aliphatic rings. The first kappa shape index (κ1) is 11.3. The lowest BCUT2D eigenvalue weighted by Crippen LogP contribution is -1.96. The maximum atomic E-state index is 10.3. The van der Waals surface area contributed by atoms with E-state index >= 15 is 0 Å². The van der Waals surface area contributed by atoms with Crippen molar-refractivity contribution in [1.82, 2.24) is 9.78 Å². The molecule has 0 saturated heterocycles. The van der Waals surface area contributed by atoms with Crippen LogP contribution in [0.25, 0.3) is 0 Å². The summed E-state index contributed by atoms with van der Waals surface area (Å²) in [5.41, 5.74) is 2.28. The molecule has 3 heterocycles. The summed E-state index contributed by atoms with van der Waals surface area (Å²) < 4.78 is 1.72. The van der Waals surface area contributed by atoms with Crippen LogP contribution in [0.1, 0.15) is 27.0 Å². The molecule has 0 spiro atoms. The fourth-order valence-electron chi connectivity index (χ4n) is 2.05. The van der Waals surface area contributed by atoms with E-state index < -0.39 is 6.10 Å². The van der Waals surface area contributed by atoms with Gasteiger partial charge in [0.1, 0.15) is 6.10 Å². The van der Waals surface area contributed by atoms with E-state index in [-0.39, 0.29) is 0 Å². The van der Waals surface area contributed by atoms with Crippen molar-refractivity contribution in [2.45, 2.75) is 18.3 Å². The molecule has 1 atom stereocenters. The van der Waals surface area contributed by atoms with Gasteiger partial charge in [0.25, 0.3) is 0 Å². The van der Waals surface area contributed by atoms with Crippen LogP contribution >= 0.6 is 23.1 Å². The Kier molecular flexibility index (Phi) is 2.98. The van der Waals surface area contributed by atoms with Crippen LogP contribution in [0.5, 0.6) is 0 Å². The second-order valence-electron chi connectivity index (χ2n) is 4.25. The average molecular weight is 266 g/mol. The average Bonchev–Trinajstić information content (AvgIpc) is 2.93. The molecule has 1 unspecified atom stereocenters. The third-order valence-electron chi connectivity index (χ3n) is 2.96. The Bertz CT molecular complexity index is 509. The molecule has 0 amide bonds. The van der Waals surface area contributed by atoms with Gasteiger partial charge in [-0.05, 0) is 23.8 Å². The van der Waals surface area contributed by atoms with Gasteiger partial charge in [0.05, 0.1) is 6.20 Å². The quantitative estimate of drug-likeness (QED) is 0.907. The summed E-state index contributed by atoms with van der Waals surface area (Å²) in [5.74, 6) is 2.29. The van der Waals surface area contributed by atoms with E-state index in [2.05, 4.69) is 11.2 Å². The molecule has 1 N–H and O–H groups in total. The van der Waals surface area contributed by atoms with Gasteiger partial charge in [0.15, 0.2) is 0 Å². The minimum Gasteiger partial charge on any atom is -0.383 e. The van der Waals surface area contributed by atoms with Crippen LogP contribution in [0.15, 0.2) is 18.5 Å². The van der Waals surface area contributed by atoms with Crippen molar-refractivity contribution in [2.24, 2.45) is 7.05 Å². The molecule has 0 aromatic carbocycles. The van der Waals surface area contributed by atoms with E-state index in [1.807, 2.05) is 25.0 Å². The van der Waals surface area contributed by atoms with Crippen LogP contribution in [0.4, 0.5) is 0 Å². The zero-order valence-electron chi connectivity index (χ0n) is 9.59. The number of hydrogen-bond donors (Lipinski definition) is 1. The molecule has 0 radical (unpaired) electrons. The Morgan fingerprint density at radius 1 is 1.53 bits per heavy atom. The molecular formula is C12H14N2OS2. The Hall–Kier alpha value is -0.780. The molecule has 2 aromatic rings. The lowest BCUT2D eigenvalue weighted by Gasteiger charge is -2.08. The standard InChI is InChI=1S/C12H14N2OS2/c1-14-6-9(5-13-14)12(15)11-4-8-7-16-3-2-10(8)17-11/h4-6,12,15H,2-3,7H2,1H3. The van der Waals surface area contributed by atoms with E-state index in [4.69, 9.17) is 0 Å². The molecule has 0 fully saturated rings. The number of nitrogens with zero attached hydrogens (tertiary/aromatic N) is 2. The van der Waals surface area contributed by atoms with Crippen LogP contribution in [0.2, 0.25) is 0 Å². The molecule has 1 aliphatic heterocycles. The van der Waals surface area contributed by atoms with Crippen LogP contribution in [-0.4, -0.2) is 20.6 Å². The molecular weight excluding hydrogens is 252 g/mol. The smallest absolute Gasteiger partial charge is 0.116 e. The largest absolute Gasteiger partial charge is 0.383 e. The summed E-state index contributed by atoms with van der Waals surface area (Å²) in [5, 5.41) is 14.4. The second-order valence-corrected chi connectivity index (χ2v) is 6.52. The van der Waals surface area contributed by atoms with Crippen molar-refractivity contribution in [1.29, 1.82) is 0 Å². The third kappa shape index (κ3) is 2.14. The predicted octanol–water partition coefficient (Wildman–Crippen LogP) is 2.35. The summed E-state index contributed by atoms with van der Waals surface area (Å²) in [6.45, 7) is 0. The summed E-state index contributed by atoms with van der Waals surface area (Å²) in [4.78, 5) is 2.49. The summed E-state index contributed by atoms with van der Waals surface area (Å²) in [6, 6.07) is 2.16. The van der Waals surface area contributed by atoms with E-state index in [0.717, 1.165) is 22.6 Å². The Labute approximate surface area is 108 Å². The van der Waals surface area contributed by atoms with Crippen LogP contribution in [0.3, 0.4) is 0 Å². The van der Waals surface area contributed by atoms with Gasteiger partial charge < -0.3 is 5.11 Å². The summed E-state index contributed by atoms with van der Waals surface area (Å²) >= 11 is 3.72. The Balaban J connectivity index is 1.91. The summed E-state index contributed by atoms with van der Waals surface area (Å²) in [6.07, 6.45) is 4.23. The number of thiophene rings is 1. The molecule has 3 nitrogen and oxygen atoms in total. The van der Waals surface area contributed by atoms with E-state index in [9.17, 15) is 5.11 Å². The fraction of sp³-hybridized carbons (Fsp3) is 0.417. The van der Waals surface area contributed by atoms with Gasteiger partial charge in [-0.2, -0.15) is 16.9 Å². The van der Waals surface area contributed by atoms with Gasteiger partial charge in [0, 0.05) is 34.3 Å². The molecule has 90 valence electrons. The van der Waals surface area contributed by atoms with Gasteiger partial charge in [-0.15, -0.1) is 11.3 Å². The second kappa shape index (κ2) is 4.48. The number of fused-ring (bicyclic) bond motifs is 1. The zero-order chi connectivity index (χ0) is 11.8. The lowest BCUT2D eigenvalue weighted by atomic mass is 10.1. The first-order chi connectivity index (χ1) is 8.24. The molecule has 0 saturated carbocycles. The monoisotopic (exact) mass is 266 g/mol. The number of aliphatic hydroxyl groups excluding tert-OH is 1. The van der Waals surface area contributed by atoms with Crippen molar-refractivity contribution < 1.29 is 5.11 Å².